The summed E-state index contributed by atoms with van der Waals surface area (Å²) in [6, 6.07) is 5.90. The Morgan fingerprint density at radius 3 is 2.76 bits per heavy atom. The van der Waals surface area contributed by atoms with E-state index in [9.17, 15) is 0 Å². The van der Waals surface area contributed by atoms with Gasteiger partial charge in [-0.25, -0.2) is 4.98 Å². The van der Waals surface area contributed by atoms with Crippen LogP contribution in [0.2, 0.25) is 0 Å². The van der Waals surface area contributed by atoms with Crippen molar-refractivity contribution < 1.29 is 4.74 Å². The number of aromatic nitrogens is 1. The number of hydrogen-bond donors (Lipinski definition) is 0. The zero-order valence-electron chi connectivity index (χ0n) is 12.4. The molecule has 3 heterocycles. The highest BCUT2D eigenvalue weighted by Gasteiger charge is 2.22. The fourth-order valence-electron chi connectivity index (χ4n) is 3.12. The summed E-state index contributed by atoms with van der Waals surface area (Å²) in [5, 5.41) is 8.81. The molecule has 0 aromatic carbocycles. The average molecular weight is 286 g/mol. The van der Waals surface area contributed by atoms with Gasteiger partial charge in [-0.15, -0.1) is 0 Å². The summed E-state index contributed by atoms with van der Waals surface area (Å²) in [6.45, 7) is 7.20. The van der Waals surface area contributed by atoms with Crippen LogP contribution < -0.4 is 4.90 Å². The van der Waals surface area contributed by atoms with Crippen LogP contribution in [0.15, 0.2) is 18.3 Å². The Bertz CT molecular complexity index is 482. The van der Waals surface area contributed by atoms with Crippen LogP contribution in [-0.4, -0.2) is 55.8 Å². The lowest BCUT2D eigenvalue weighted by atomic mass is 10.0. The number of hydrogen-bond acceptors (Lipinski definition) is 5. The van der Waals surface area contributed by atoms with E-state index in [1.807, 2.05) is 12.1 Å². The maximum Gasteiger partial charge on any atom is 0.128 e. The lowest BCUT2D eigenvalue weighted by Gasteiger charge is -2.37. The van der Waals surface area contributed by atoms with Gasteiger partial charge in [-0.1, -0.05) is 0 Å². The second-order valence-corrected chi connectivity index (χ2v) is 5.89. The largest absolute Gasteiger partial charge is 0.381 e. The number of anilines is 1. The van der Waals surface area contributed by atoms with Gasteiger partial charge in [-0.05, 0) is 30.9 Å². The van der Waals surface area contributed by atoms with Crippen molar-refractivity contribution in [2.75, 3.05) is 50.8 Å². The van der Waals surface area contributed by atoms with Gasteiger partial charge in [0.1, 0.15) is 11.9 Å². The van der Waals surface area contributed by atoms with Crippen LogP contribution in [0.3, 0.4) is 0 Å². The summed E-state index contributed by atoms with van der Waals surface area (Å²) >= 11 is 0. The van der Waals surface area contributed by atoms with Crippen molar-refractivity contribution in [3.63, 3.8) is 0 Å². The SMILES string of the molecule is N#Cc1ccc(N2CCN(C[C@@H]3CCCOC3)CC2)nc1. The van der Waals surface area contributed by atoms with Crippen LogP contribution >= 0.6 is 0 Å². The molecule has 0 spiro atoms. The monoisotopic (exact) mass is 286 g/mol. The minimum absolute atomic E-state index is 0.620. The molecule has 0 aliphatic carbocycles. The molecule has 5 nitrogen and oxygen atoms in total. The van der Waals surface area contributed by atoms with Crippen molar-refractivity contribution in [1.82, 2.24) is 9.88 Å². The standard InChI is InChI=1S/C16H22N4O/c17-10-14-3-4-16(18-11-14)20-7-5-19(6-8-20)12-15-2-1-9-21-13-15/h3-4,11,15H,1-2,5-9,12-13H2/t15-/m0/s1. The van der Waals surface area contributed by atoms with Gasteiger partial charge in [0.15, 0.2) is 0 Å². The number of nitrogens with zero attached hydrogens (tertiary/aromatic N) is 4. The van der Waals surface area contributed by atoms with E-state index in [1.54, 1.807) is 6.20 Å². The highest BCUT2D eigenvalue weighted by Crippen LogP contribution is 2.18. The van der Waals surface area contributed by atoms with E-state index in [0.29, 0.717) is 11.5 Å². The fourth-order valence-corrected chi connectivity index (χ4v) is 3.12. The predicted molar refractivity (Wildman–Crippen MR) is 81.1 cm³/mol. The molecule has 0 radical (unpaired) electrons. The Morgan fingerprint density at radius 2 is 2.14 bits per heavy atom. The van der Waals surface area contributed by atoms with Gasteiger partial charge >= 0.3 is 0 Å². The Balaban J connectivity index is 1.49. The van der Waals surface area contributed by atoms with Crippen molar-refractivity contribution in [2.24, 2.45) is 5.92 Å². The molecule has 1 atom stereocenters. The topological polar surface area (TPSA) is 52.4 Å². The minimum Gasteiger partial charge on any atom is -0.381 e. The van der Waals surface area contributed by atoms with Crippen LogP contribution in [0, 0.1) is 17.2 Å². The zero-order chi connectivity index (χ0) is 14.5. The maximum atomic E-state index is 8.81. The molecule has 0 N–H and O–H groups in total. The molecule has 3 rings (SSSR count). The molecule has 0 amide bonds. The van der Waals surface area contributed by atoms with E-state index in [2.05, 4.69) is 20.9 Å². The van der Waals surface area contributed by atoms with Gasteiger partial charge in [0.05, 0.1) is 12.2 Å². The van der Waals surface area contributed by atoms with Crippen molar-refractivity contribution in [3.8, 4) is 6.07 Å². The molecule has 5 heteroatoms. The van der Waals surface area contributed by atoms with Crippen molar-refractivity contribution in [1.29, 1.82) is 5.26 Å². The summed E-state index contributed by atoms with van der Waals surface area (Å²) in [4.78, 5) is 9.22. The van der Waals surface area contributed by atoms with Crippen LogP contribution in [0.1, 0.15) is 18.4 Å². The third-order valence-electron chi connectivity index (χ3n) is 4.34. The van der Waals surface area contributed by atoms with Gasteiger partial charge in [0.2, 0.25) is 0 Å². The van der Waals surface area contributed by atoms with Gasteiger partial charge in [-0.3, -0.25) is 4.90 Å². The van der Waals surface area contributed by atoms with E-state index in [4.69, 9.17) is 10.00 Å². The van der Waals surface area contributed by atoms with E-state index < -0.39 is 0 Å². The number of ether oxygens (including phenoxy) is 1. The second-order valence-electron chi connectivity index (χ2n) is 5.89. The molecule has 2 saturated heterocycles. The van der Waals surface area contributed by atoms with Crippen LogP contribution in [0.25, 0.3) is 0 Å². The molecule has 112 valence electrons. The molecular formula is C16H22N4O. The molecule has 1 aromatic rings. The Labute approximate surface area is 126 Å². The molecular weight excluding hydrogens is 264 g/mol. The van der Waals surface area contributed by atoms with E-state index in [0.717, 1.165) is 51.8 Å². The quantitative estimate of drug-likeness (QED) is 0.843. The van der Waals surface area contributed by atoms with E-state index in [-0.39, 0.29) is 0 Å². The third kappa shape index (κ3) is 3.72. The molecule has 2 aliphatic heterocycles. The maximum absolute atomic E-state index is 8.81. The van der Waals surface area contributed by atoms with E-state index in [1.165, 1.54) is 12.8 Å². The fraction of sp³-hybridized carbons (Fsp3) is 0.625. The Hall–Kier alpha value is -1.64. The summed E-state index contributed by atoms with van der Waals surface area (Å²) < 4.78 is 5.56. The molecule has 0 saturated carbocycles. The van der Waals surface area contributed by atoms with E-state index >= 15 is 0 Å². The predicted octanol–water partition coefficient (Wildman–Crippen LogP) is 1.50. The van der Waals surface area contributed by atoms with Crippen LogP contribution in [0.4, 0.5) is 5.82 Å². The van der Waals surface area contributed by atoms with Gasteiger partial charge in [-0.2, -0.15) is 5.26 Å². The number of rotatable bonds is 3. The molecule has 0 unspecified atom stereocenters. The molecule has 2 fully saturated rings. The third-order valence-corrected chi connectivity index (χ3v) is 4.34. The average Bonchev–Trinajstić information content (AvgIpc) is 2.57. The summed E-state index contributed by atoms with van der Waals surface area (Å²) in [5.41, 5.74) is 0.620. The van der Waals surface area contributed by atoms with Crippen molar-refractivity contribution in [2.45, 2.75) is 12.8 Å². The van der Waals surface area contributed by atoms with Crippen molar-refractivity contribution >= 4 is 5.82 Å². The first kappa shape index (κ1) is 14.3. The van der Waals surface area contributed by atoms with Crippen LogP contribution in [-0.2, 0) is 4.74 Å². The van der Waals surface area contributed by atoms with Gasteiger partial charge in [0, 0.05) is 45.5 Å². The van der Waals surface area contributed by atoms with Gasteiger partial charge < -0.3 is 9.64 Å². The summed E-state index contributed by atoms with van der Waals surface area (Å²) in [7, 11) is 0. The molecule has 2 aliphatic rings. The number of piperazine rings is 1. The number of pyridine rings is 1. The normalized spacial score (nSPS) is 23.8. The lowest BCUT2D eigenvalue weighted by molar-refractivity contribution is 0.0377. The highest BCUT2D eigenvalue weighted by atomic mass is 16.5. The van der Waals surface area contributed by atoms with Gasteiger partial charge in [0.25, 0.3) is 0 Å². The lowest BCUT2D eigenvalue weighted by Crippen LogP contribution is -2.48. The second kappa shape index (κ2) is 6.88. The first-order chi connectivity index (χ1) is 10.3. The molecule has 1 aromatic heterocycles. The minimum atomic E-state index is 0.620. The first-order valence-electron chi connectivity index (χ1n) is 7.76. The zero-order valence-corrected chi connectivity index (χ0v) is 12.4. The summed E-state index contributed by atoms with van der Waals surface area (Å²) in [5.74, 6) is 1.69. The molecule has 21 heavy (non-hydrogen) atoms. The van der Waals surface area contributed by atoms with Crippen molar-refractivity contribution in [3.05, 3.63) is 23.9 Å². The Kier molecular flexibility index (Phi) is 4.69. The number of nitriles is 1. The summed E-state index contributed by atoms with van der Waals surface area (Å²) in [6.07, 6.45) is 4.16. The van der Waals surface area contributed by atoms with Crippen LogP contribution in [0.5, 0.6) is 0 Å². The Morgan fingerprint density at radius 1 is 1.29 bits per heavy atom. The smallest absolute Gasteiger partial charge is 0.128 e. The first-order valence-corrected chi connectivity index (χ1v) is 7.76. The highest BCUT2D eigenvalue weighted by molar-refractivity contribution is 5.42. The molecule has 0 bridgehead atoms.